The molecular weight excluding hydrogens is 222 g/mol. The number of halogens is 1. The van der Waals surface area contributed by atoms with Gasteiger partial charge in [0.05, 0.1) is 12.5 Å². The number of esters is 1. The summed E-state index contributed by atoms with van der Waals surface area (Å²) in [6, 6.07) is 1.41. The minimum Gasteiger partial charge on any atom is -0.463 e. The number of carbonyl (C=O) groups excluding carboxylic acids is 1. The fraction of sp³-hybridized carbons (Fsp3) is 0.125. The van der Waals surface area contributed by atoms with Crippen LogP contribution in [0.1, 0.15) is 10.6 Å². The third-order valence-electron chi connectivity index (χ3n) is 1.75. The molecule has 0 unspecified atom stereocenters. The summed E-state index contributed by atoms with van der Waals surface area (Å²) in [5, 5.41) is 0.558. The van der Waals surface area contributed by atoms with E-state index in [4.69, 9.17) is 21.8 Å². The highest BCUT2D eigenvalue weighted by atomic mass is 35.5. The number of nitrogens with two attached hydrogens (primary N) is 1. The van der Waals surface area contributed by atoms with Crippen LogP contribution in [0.25, 0.3) is 11.1 Å². The third kappa shape index (κ3) is 1.59. The molecule has 2 aromatic rings. The lowest BCUT2D eigenvalue weighted by atomic mass is 10.3. The molecule has 0 fully saturated rings. The zero-order valence-electron chi connectivity index (χ0n) is 7.65. The van der Waals surface area contributed by atoms with Crippen molar-refractivity contribution in [3.63, 3.8) is 0 Å². The second-order valence-corrected chi connectivity index (χ2v) is 3.05. The van der Waals surface area contributed by atoms with E-state index in [1.165, 1.54) is 13.2 Å². The number of ether oxygens (including phenoxy) is 1. The van der Waals surface area contributed by atoms with E-state index in [1.807, 2.05) is 0 Å². The number of aromatic nitrogens is 2. The first-order valence-corrected chi connectivity index (χ1v) is 4.30. The van der Waals surface area contributed by atoms with Crippen LogP contribution in [-0.2, 0) is 4.74 Å². The highest BCUT2D eigenvalue weighted by Crippen LogP contribution is 2.24. The Bertz CT molecular complexity index is 537. The molecule has 2 N–H and O–H groups in total. The van der Waals surface area contributed by atoms with E-state index in [2.05, 4.69) is 14.7 Å². The number of rotatable bonds is 1. The van der Waals surface area contributed by atoms with Crippen molar-refractivity contribution in [3.8, 4) is 0 Å². The van der Waals surface area contributed by atoms with Gasteiger partial charge < -0.3 is 14.9 Å². The minimum atomic E-state index is -0.609. The fourth-order valence-electron chi connectivity index (χ4n) is 1.10. The first-order valence-electron chi connectivity index (χ1n) is 3.92. The molecule has 0 atom stereocenters. The summed E-state index contributed by atoms with van der Waals surface area (Å²) in [4.78, 5) is 18.6. The number of hydrogen-bond acceptors (Lipinski definition) is 6. The number of anilines is 1. The van der Waals surface area contributed by atoms with Crippen LogP contribution >= 0.6 is 11.6 Å². The molecule has 0 radical (unpaired) electrons. The van der Waals surface area contributed by atoms with Gasteiger partial charge in [0.25, 0.3) is 0 Å². The molecule has 6 nitrogen and oxygen atoms in total. The van der Waals surface area contributed by atoms with Gasteiger partial charge in [0, 0.05) is 6.07 Å². The van der Waals surface area contributed by atoms with Crippen molar-refractivity contribution in [2.75, 3.05) is 12.8 Å². The largest absolute Gasteiger partial charge is 0.463 e. The highest BCUT2D eigenvalue weighted by molar-refractivity contribution is 6.34. The predicted octanol–water partition coefficient (Wildman–Crippen LogP) is 1.24. The standard InChI is InChI=1S/C8H6ClN3O3/c1-14-7(13)4-2-3-5(9)11-8(10)12-6(3)15-4/h2H,1H3,(H2,10,11,12). The molecule has 0 aliphatic carbocycles. The van der Waals surface area contributed by atoms with Gasteiger partial charge in [0.2, 0.25) is 17.4 Å². The minimum absolute atomic E-state index is 0.00861. The Morgan fingerprint density at radius 3 is 3.00 bits per heavy atom. The summed E-state index contributed by atoms with van der Waals surface area (Å²) in [6.07, 6.45) is 0. The van der Waals surface area contributed by atoms with Gasteiger partial charge in [-0.15, -0.1) is 0 Å². The predicted molar refractivity (Wildman–Crippen MR) is 52.6 cm³/mol. The van der Waals surface area contributed by atoms with Crippen LogP contribution in [0, 0.1) is 0 Å². The van der Waals surface area contributed by atoms with Gasteiger partial charge in [0.1, 0.15) is 5.15 Å². The Hall–Kier alpha value is -1.82. The zero-order valence-corrected chi connectivity index (χ0v) is 8.41. The normalized spacial score (nSPS) is 10.5. The molecular formula is C8H6ClN3O3. The number of methoxy groups -OCH3 is 1. The van der Waals surface area contributed by atoms with Crippen LogP contribution in [0.2, 0.25) is 5.15 Å². The molecule has 7 heteroatoms. The van der Waals surface area contributed by atoms with Crippen molar-refractivity contribution in [1.82, 2.24) is 9.97 Å². The zero-order chi connectivity index (χ0) is 11.0. The van der Waals surface area contributed by atoms with Crippen molar-refractivity contribution in [2.24, 2.45) is 0 Å². The molecule has 0 aromatic carbocycles. The van der Waals surface area contributed by atoms with E-state index in [0.717, 1.165) is 0 Å². The van der Waals surface area contributed by atoms with Crippen LogP contribution in [0.4, 0.5) is 5.95 Å². The van der Waals surface area contributed by atoms with Crippen molar-refractivity contribution in [1.29, 1.82) is 0 Å². The van der Waals surface area contributed by atoms with E-state index in [1.54, 1.807) is 0 Å². The van der Waals surface area contributed by atoms with Crippen LogP contribution < -0.4 is 5.73 Å². The monoisotopic (exact) mass is 227 g/mol. The summed E-state index contributed by atoms with van der Waals surface area (Å²) in [6.45, 7) is 0. The van der Waals surface area contributed by atoms with E-state index in [0.29, 0.717) is 5.39 Å². The van der Waals surface area contributed by atoms with Gasteiger partial charge in [-0.25, -0.2) is 9.78 Å². The first kappa shape index (κ1) is 9.72. The molecule has 0 aliphatic heterocycles. The fourth-order valence-corrected chi connectivity index (χ4v) is 1.33. The molecule has 0 spiro atoms. The second-order valence-electron chi connectivity index (χ2n) is 2.69. The lowest BCUT2D eigenvalue weighted by Crippen LogP contribution is -1.97. The summed E-state index contributed by atoms with van der Waals surface area (Å²) >= 11 is 5.78. The Morgan fingerprint density at radius 1 is 1.60 bits per heavy atom. The van der Waals surface area contributed by atoms with Gasteiger partial charge in [-0.05, 0) is 0 Å². The molecule has 0 aliphatic rings. The van der Waals surface area contributed by atoms with Gasteiger partial charge in [-0.3, -0.25) is 0 Å². The van der Waals surface area contributed by atoms with Gasteiger partial charge in [-0.2, -0.15) is 4.98 Å². The molecule has 2 rings (SSSR count). The van der Waals surface area contributed by atoms with Crippen LogP contribution in [0.3, 0.4) is 0 Å². The topological polar surface area (TPSA) is 91.2 Å². The maximum absolute atomic E-state index is 11.1. The van der Waals surface area contributed by atoms with Crippen LogP contribution in [0.5, 0.6) is 0 Å². The quantitative estimate of drug-likeness (QED) is 0.582. The Labute approximate surface area is 89.0 Å². The summed E-state index contributed by atoms with van der Waals surface area (Å²) < 4.78 is 9.57. The van der Waals surface area contributed by atoms with Crippen LogP contribution in [0.15, 0.2) is 10.5 Å². The lowest BCUT2D eigenvalue weighted by molar-refractivity contribution is 0.0567. The number of carbonyl (C=O) groups is 1. The smallest absolute Gasteiger partial charge is 0.374 e. The van der Waals surface area contributed by atoms with E-state index in [-0.39, 0.29) is 22.6 Å². The number of furan rings is 1. The molecule has 15 heavy (non-hydrogen) atoms. The van der Waals surface area contributed by atoms with E-state index in [9.17, 15) is 4.79 Å². The number of fused-ring (bicyclic) bond motifs is 1. The number of hydrogen-bond donors (Lipinski definition) is 1. The first-order chi connectivity index (χ1) is 7.11. The molecule has 0 bridgehead atoms. The van der Waals surface area contributed by atoms with Crippen molar-refractivity contribution >= 4 is 34.6 Å². The Balaban J connectivity index is 2.65. The molecule has 2 aromatic heterocycles. The third-order valence-corrected chi connectivity index (χ3v) is 2.04. The molecule has 0 saturated carbocycles. The van der Waals surface area contributed by atoms with Crippen molar-refractivity contribution in [2.45, 2.75) is 0 Å². The Kier molecular flexibility index (Phi) is 2.20. The average molecular weight is 228 g/mol. The molecule has 78 valence electrons. The second kappa shape index (κ2) is 3.39. The molecule has 0 amide bonds. The van der Waals surface area contributed by atoms with E-state index >= 15 is 0 Å². The van der Waals surface area contributed by atoms with Crippen molar-refractivity contribution < 1.29 is 13.9 Å². The van der Waals surface area contributed by atoms with Gasteiger partial charge in [-0.1, -0.05) is 11.6 Å². The van der Waals surface area contributed by atoms with Gasteiger partial charge in [0.15, 0.2) is 0 Å². The average Bonchev–Trinajstić information content (AvgIpc) is 2.60. The molecule has 2 heterocycles. The summed E-state index contributed by atoms with van der Waals surface area (Å²) in [5.74, 6) is -0.616. The maximum atomic E-state index is 11.1. The number of nitrogens with zero attached hydrogens (tertiary/aromatic N) is 2. The number of nitrogen functional groups attached to an aromatic ring is 1. The van der Waals surface area contributed by atoms with E-state index < -0.39 is 5.97 Å². The maximum Gasteiger partial charge on any atom is 0.374 e. The SMILES string of the molecule is COC(=O)c1cc2c(Cl)nc(N)nc2o1. The molecule has 0 saturated heterocycles. The van der Waals surface area contributed by atoms with Crippen molar-refractivity contribution in [3.05, 3.63) is 17.0 Å². The van der Waals surface area contributed by atoms with Crippen LogP contribution in [-0.4, -0.2) is 23.0 Å². The lowest BCUT2D eigenvalue weighted by Gasteiger charge is -1.92. The van der Waals surface area contributed by atoms with Gasteiger partial charge >= 0.3 is 5.97 Å². The summed E-state index contributed by atoms with van der Waals surface area (Å²) in [5.41, 5.74) is 5.52. The summed E-state index contributed by atoms with van der Waals surface area (Å²) in [7, 11) is 1.25. The highest BCUT2D eigenvalue weighted by Gasteiger charge is 2.16. The Morgan fingerprint density at radius 2 is 2.33 bits per heavy atom.